The van der Waals surface area contributed by atoms with Crippen LogP contribution in [0.3, 0.4) is 0 Å². The normalized spacial score (nSPS) is 22.1. The van der Waals surface area contributed by atoms with Gasteiger partial charge in [0.25, 0.3) is 0 Å². The highest BCUT2D eigenvalue weighted by molar-refractivity contribution is 6.35. The summed E-state index contributed by atoms with van der Waals surface area (Å²) in [4.78, 5) is 28.9. The summed E-state index contributed by atoms with van der Waals surface area (Å²) < 4.78 is 0. The first-order valence-electron chi connectivity index (χ1n) is 10.8. The van der Waals surface area contributed by atoms with Crippen molar-refractivity contribution in [2.45, 2.75) is 45.6 Å². The molecule has 1 amide bonds. The molecule has 0 radical (unpaired) electrons. The van der Waals surface area contributed by atoms with Crippen LogP contribution >= 0.6 is 23.2 Å². The summed E-state index contributed by atoms with van der Waals surface area (Å²) in [6.07, 6.45) is 2.59. The lowest BCUT2D eigenvalue weighted by Crippen LogP contribution is -2.40. The minimum Gasteiger partial charge on any atom is -0.506 e. The van der Waals surface area contributed by atoms with E-state index in [0.29, 0.717) is 45.4 Å². The second-order valence-electron chi connectivity index (χ2n) is 9.68. The molecule has 5 rings (SSSR count). The Morgan fingerprint density at radius 2 is 1.91 bits per heavy atom. The molecule has 7 heteroatoms. The summed E-state index contributed by atoms with van der Waals surface area (Å²) >= 11 is 12.8. The Bertz CT molecular complexity index is 1180. The zero-order valence-corrected chi connectivity index (χ0v) is 19.4. The number of rotatable bonds is 2. The lowest BCUT2D eigenvalue weighted by molar-refractivity contribution is -0.120. The molecule has 1 heterocycles. The predicted octanol–water partition coefficient (Wildman–Crippen LogP) is 6.25. The molecule has 3 aliphatic rings. The van der Waals surface area contributed by atoms with Gasteiger partial charge in [-0.3, -0.25) is 14.5 Å². The van der Waals surface area contributed by atoms with Gasteiger partial charge in [-0.1, -0.05) is 49.2 Å². The van der Waals surface area contributed by atoms with Crippen molar-refractivity contribution < 1.29 is 14.7 Å². The Kier molecular flexibility index (Phi) is 5.02. The van der Waals surface area contributed by atoms with Crippen molar-refractivity contribution in [3.8, 4) is 5.75 Å². The SMILES string of the molecule is CC1(C)CC(=O)C2=C(C1)Nc1c(O)cccc1N(C(=O)C1CC1)C2c1ccc(Cl)cc1Cl. The van der Waals surface area contributed by atoms with E-state index >= 15 is 0 Å². The molecule has 0 aromatic heterocycles. The van der Waals surface area contributed by atoms with Crippen LogP contribution in [0.2, 0.25) is 10.0 Å². The molecule has 0 spiro atoms. The zero-order valence-electron chi connectivity index (χ0n) is 17.9. The van der Waals surface area contributed by atoms with Crippen LogP contribution in [0.4, 0.5) is 11.4 Å². The number of benzene rings is 2. The number of hydrogen-bond acceptors (Lipinski definition) is 4. The van der Waals surface area contributed by atoms with Crippen molar-refractivity contribution in [2.75, 3.05) is 10.2 Å². The van der Waals surface area contributed by atoms with Crippen molar-refractivity contribution in [3.05, 3.63) is 63.3 Å². The topological polar surface area (TPSA) is 69.6 Å². The minimum absolute atomic E-state index is 0.0272. The number of nitrogens with zero attached hydrogens (tertiary/aromatic N) is 1. The van der Waals surface area contributed by atoms with Gasteiger partial charge in [0.15, 0.2) is 5.78 Å². The first kappa shape index (κ1) is 21.4. The molecule has 1 unspecified atom stereocenters. The maximum atomic E-state index is 13.7. The average Bonchev–Trinajstić information content (AvgIpc) is 3.53. The summed E-state index contributed by atoms with van der Waals surface area (Å²) in [5, 5.41) is 14.9. The standard InChI is InChI=1S/C25H24Cl2N2O3/c1-25(2)11-17-21(20(31)12-25)23(15-9-8-14(26)10-16(15)27)29(24(32)13-6-7-13)18-4-3-5-19(30)22(18)28-17/h3-5,8-10,13,23,28,30H,6-7,11-12H2,1-2H3. The Morgan fingerprint density at radius 3 is 2.59 bits per heavy atom. The third-order valence-electron chi connectivity index (χ3n) is 6.43. The number of phenolic OH excluding ortho intramolecular Hbond substituents is 1. The van der Waals surface area contributed by atoms with Crippen LogP contribution in [-0.4, -0.2) is 16.8 Å². The number of para-hydroxylation sites is 1. The number of halogens is 2. The van der Waals surface area contributed by atoms with Crippen LogP contribution in [0.25, 0.3) is 0 Å². The number of Topliss-reactive ketones (excluding diaryl/α,β-unsaturated/α-hetero) is 1. The van der Waals surface area contributed by atoms with Gasteiger partial charge >= 0.3 is 0 Å². The predicted molar refractivity (Wildman–Crippen MR) is 126 cm³/mol. The lowest BCUT2D eigenvalue weighted by atomic mass is 9.73. The van der Waals surface area contributed by atoms with E-state index < -0.39 is 6.04 Å². The van der Waals surface area contributed by atoms with Gasteiger partial charge in [-0.2, -0.15) is 0 Å². The first-order chi connectivity index (χ1) is 15.2. The number of aromatic hydroxyl groups is 1. The Morgan fingerprint density at radius 1 is 1.16 bits per heavy atom. The van der Waals surface area contributed by atoms with Crippen LogP contribution in [0.15, 0.2) is 47.7 Å². The number of fused-ring (bicyclic) bond motifs is 1. The van der Waals surface area contributed by atoms with Gasteiger partial charge in [0, 0.05) is 33.7 Å². The number of carbonyl (C=O) groups is 2. The molecule has 0 bridgehead atoms. The Labute approximate surface area is 197 Å². The van der Waals surface area contributed by atoms with Crippen LogP contribution in [-0.2, 0) is 9.59 Å². The number of allylic oxidation sites excluding steroid dienone is 1. The van der Waals surface area contributed by atoms with Gasteiger partial charge in [-0.05, 0) is 54.5 Å². The molecule has 2 aromatic rings. The highest BCUT2D eigenvalue weighted by Crippen LogP contribution is 2.52. The first-order valence-corrected chi connectivity index (χ1v) is 11.5. The van der Waals surface area contributed by atoms with Crippen molar-refractivity contribution in [1.29, 1.82) is 0 Å². The molecule has 1 atom stereocenters. The molecular weight excluding hydrogens is 447 g/mol. The molecule has 166 valence electrons. The molecule has 32 heavy (non-hydrogen) atoms. The van der Waals surface area contributed by atoms with Gasteiger partial charge in [0.05, 0.1) is 11.7 Å². The van der Waals surface area contributed by atoms with E-state index in [-0.39, 0.29) is 28.8 Å². The molecule has 1 saturated carbocycles. The van der Waals surface area contributed by atoms with Crippen molar-refractivity contribution in [3.63, 3.8) is 0 Å². The second-order valence-corrected chi connectivity index (χ2v) is 10.5. The zero-order chi connectivity index (χ0) is 22.8. The summed E-state index contributed by atoms with van der Waals surface area (Å²) in [6, 6.07) is 9.53. The number of nitrogens with one attached hydrogen (secondary N) is 1. The van der Waals surface area contributed by atoms with E-state index in [1.807, 2.05) is 13.8 Å². The quantitative estimate of drug-likeness (QED) is 0.508. The van der Waals surface area contributed by atoms with Crippen LogP contribution in [0.5, 0.6) is 5.75 Å². The fraction of sp³-hybridized carbons (Fsp3) is 0.360. The monoisotopic (exact) mass is 470 g/mol. The maximum absolute atomic E-state index is 13.7. The summed E-state index contributed by atoms with van der Waals surface area (Å²) in [7, 11) is 0. The number of carbonyl (C=O) groups excluding carboxylic acids is 2. The van der Waals surface area contributed by atoms with Gasteiger partial charge in [0.1, 0.15) is 11.4 Å². The fourth-order valence-electron chi connectivity index (χ4n) is 4.83. The smallest absolute Gasteiger partial charge is 0.231 e. The maximum Gasteiger partial charge on any atom is 0.231 e. The van der Waals surface area contributed by atoms with Crippen molar-refractivity contribution in [1.82, 2.24) is 0 Å². The Balaban J connectivity index is 1.82. The molecule has 2 aromatic carbocycles. The molecule has 0 saturated heterocycles. The van der Waals surface area contributed by atoms with E-state index in [1.165, 1.54) is 0 Å². The molecule has 2 N–H and O–H groups in total. The van der Waals surface area contributed by atoms with E-state index in [2.05, 4.69) is 5.32 Å². The van der Waals surface area contributed by atoms with Gasteiger partial charge in [0.2, 0.25) is 5.91 Å². The summed E-state index contributed by atoms with van der Waals surface area (Å²) in [5.74, 6) is -0.167. The van der Waals surface area contributed by atoms with Gasteiger partial charge in [-0.25, -0.2) is 0 Å². The largest absolute Gasteiger partial charge is 0.506 e. The summed E-state index contributed by atoms with van der Waals surface area (Å²) in [6.45, 7) is 4.09. The number of anilines is 2. The third kappa shape index (κ3) is 3.57. The molecule has 5 nitrogen and oxygen atoms in total. The van der Waals surface area contributed by atoms with Crippen molar-refractivity contribution >= 4 is 46.3 Å². The molecule has 2 aliphatic carbocycles. The average molecular weight is 471 g/mol. The highest BCUT2D eigenvalue weighted by atomic mass is 35.5. The van der Waals surface area contributed by atoms with E-state index in [9.17, 15) is 14.7 Å². The van der Waals surface area contributed by atoms with E-state index in [0.717, 1.165) is 18.5 Å². The molecular formula is C25H24Cl2N2O3. The lowest BCUT2D eigenvalue weighted by Gasteiger charge is -2.37. The molecule has 1 aliphatic heterocycles. The van der Waals surface area contributed by atoms with E-state index in [4.69, 9.17) is 23.2 Å². The van der Waals surface area contributed by atoms with E-state index in [1.54, 1.807) is 41.3 Å². The van der Waals surface area contributed by atoms with Crippen molar-refractivity contribution in [2.24, 2.45) is 11.3 Å². The fourth-order valence-corrected chi connectivity index (χ4v) is 5.34. The number of hydrogen-bond donors (Lipinski definition) is 2. The van der Waals surface area contributed by atoms with Crippen LogP contribution in [0, 0.1) is 11.3 Å². The van der Waals surface area contributed by atoms with Crippen LogP contribution in [0.1, 0.15) is 51.1 Å². The highest BCUT2D eigenvalue weighted by Gasteiger charge is 2.46. The summed E-state index contributed by atoms with van der Waals surface area (Å²) in [5.41, 5.74) is 2.61. The molecule has 1 fully saturated rings. The Hall–Kier alpha value is -2.50. The third-order valence-corrected chi connectivity index (χ3v) is 6.99. The minimum atomic E-state index is -0.706. The second kappa shape index (κ2) is 7.53. The van der Waals surface area contributed by atoms with Gasteiger partial charge in [-0.15, -0.1) is 0 Å². The number of ketones is 1. The number of phenols is 1. The van der Waals surface area contributed by atoms with Crippen LogP contribution < -0.4 is 10.2 Å². The van der Waals surface area contributed by atoms with Gasteiger partial charge < -0.3 is 10.4 Å². The number of amides is 1.